The van der Waals surface area contributed by atoms with Crippen molar-refractivity contribution in [2.45, 2.75) is 104 Å². The second-order valence-electron chi connectivity index (χ2n) is 8.06. The zero-order chi connectivity index (χ0) is 22.8. The summed E-state index contributed by atoms with van der Waals surface area (Å²) >= 11 is 0. The summed E-state index contributed by atoms with van der Waals surface area (Å²) in [4.78, 5) is 23.5. The van der Waals surface area contributed by atoms with E-state index in [4.69, 9.17) is 23.8 Å². The molecule has 0 aromatic heterocycles. The number of nitriles is 1. The minimum atomic E-state index is -1.49. The highest BCUT2D eigenvalue weighted by molar-refractivity contribution is 7.44. The Balaban J connectivity index is 3.02. The van der Waals surface area contributed by atoms with Crippen LogP contribution in [0.4, 0.5) is 0 Å². The molecule has 8 nitrogen and oxygen atoms in total. The van der Waals surface area contributed by atoms with Crippen LogP contribution in [0.25, 0.3) is 0 Å². The molecule has 1 aliphatic heterocycles. The van der Waals surface area contributed by atoms with Gasteiger partial charge in [0, 0.05) is 18.5 Å². The van der Waals surface area contributed by atoms with E-state index < -0.39 is 26.7 Å². The van der Waals surface area contributed by atoms with Gasteiger partial charge in [0.2, 0.25) is 0 Å². The topological polar surface area (TPSA) is 98.1 Å². The summed E-state index contributed by atoms with van der Waals surface area (Å²) in [5.41, 5.74) is 0. The first-order valence-electron chi connectivity index (χ1n) is 10.7. The Morgan fingerprint density at radius 2 is 1.83 bits per heavy atom. The molecule has 1 fully saturated rings. The predicted octanol–water partition coefficient (Wildman–Crippen LogP) is 2.70. The van der Waals surface area contributed by atoms with E-state index in [2.05, 4.69) is 38.4 Å². The number of ketones is 1. The van der Waals surface area contributed by atoms with Crippen molar-refractivity contribution in [2.75, 3.05) is 6.61 Å². The minimum absolute atomic E-state index is 0.0413. The first-order valence-corrected chi connectivity index (χ1v) is 11.8. The zero-order valence-electron chi connectivity index (χ0n) is 19.3. The van der Waals surface area contributed by atoms with E-state index in [1.165, 1.54) is 6.92 Å². The summed E-state index contributed by atoms with van der Waals surface area (Å²) in [5.74, 6) is -0.490. The Morgan fingerprint density at radius 1 is 1.20 bits per heavy atom. The number of nitrogens with zero attached hydrogens (tertiary/aromatic N) is 2. The molecule has 1 rings (SSSR count). The number of carbonyl (C=O) groups excluding carboxylic acids is 2. The third-order valence-electron chi connectivity index (χ3n) is 4.77. The normalized spacial score (nSPS) is 24.9. The van der Waals surface area contributed by atoms with Crippen molar-refractivity contribution in [3.63, 3.8) is 0 Å². The molecule has 30 heavy (non-hydrogen) atoms. The molecule has 0 spiro atoms. The maximum atomic E-state index is 12.3. The molecule has 0 radical (unpaired) electrons. The van der Waals surface area contributed by atoms with Crippen LogP contribution in [0.15, 0.2) is 0 Å². The van der Waals surface area contributed by atoms with Gasteiger partial charge in [0.05, 0.1) is 37.6 Å². The largest absolute Gasteiger partial charge is 0.458 e. The SMILES string of the molecule is B[C@@H]1O[C@H](CC)C(OP(OCCC#N)N(C(C)C)C(C)C)[C@@H]1OC(=O)CCC(C)=O. The van der Waals surface area contributed by atoms with Crippen LogP contribution in [-0.2, 0) is 28.1 Å². The van der Waals surface area contributed by atoms with Gasteiger partial charge in [-0.25, -0.2) is 4.67 Å². The fourth-order valence-corrected chi connectivity index (χ4v) is 5.18. The van der Waals surface area contributed by atoms with E-state index in [0.717, 1.165) is 0 Å². The van der Waals surface area contributed by atoms with Crippen LogP contribution in [0, 0.1) is 11.3 Å². The van der Waals surface area contributed by atoms with Crippen LogP contribution in [-0.4, -0.2) is 67.3 Å². The molecule has 10 heteroatoms. The Bertz CT molecular complexity index is 592. The smallest absolute Gasteiger partial charge is 0.306 e. The van der Waals surface area contributed by atoms with Gasteiger partial charge in [0.25, 0.3) is 8.53 Å². The summed E-state index contributed by atoms with van der Waals surface area (Å²) in [6.07, 6.45) is -0.149. The molecular weight excluding hydrogens is 406 g/mol. The lowest BCUT2D eigenvalue weighted by atomic mass is 9.92. The van der Waals surface area contributed by atoms with Crippen molar-refractivity contribution in [1.82, 2.24) is 4.67 Å². The number of esters is 1. The number of carbonyl (C=O) groups is 2. The van der Waals surface area contributed by atoms with E-state index in [9.17, 15) is 9.59 Å². The van der Waals surface area contributed by atoms with Crippen molar-refractivity contribution < 1.29 is 28.1 Å². The monoisotopic (exact) mass is 442 g/mol. The number of ether oxygens (including phenoxy) is 2. The lowest BCUT2D eigenvalue weighted by Crippen LogP contribution is -2.41. The fraction of sp³-hybridized carbons (Fsp3) is 0.850. The number of hydrogen-bond donors (Lipinski definition) is 0. The van der Waals surface area contributed by atoms with Gasteiger partial charge < -0.3 is 23.3 Å². The van der Waals surface area contributed by atoms with Crippen molar-refractivity contribution in [3.8, 4) is 6.07 Å². The van der Waals surface area contributed by atoms with Crippen molar-refractivity contribution in [1.29, 1.82) is 5.26 Å². The van der Waals surface area contributed by atoms with E-state index in [0.29, 0.717) is 6.42 Å². The summed E-state index contributed by atoms with van der Waals surface area (Å²) in [6.45, 7) is 12.0. The second-order valence-corrected chi connectivity index (χ2v) is 9.47. The highest BCUT2D eigenvalue weighted by Gasteiger charge is 2.47. The maximum Gasteiger partial charge on any atom is 0.306 e. The molecule has 0 N–H and O–H groups in total. The van der Waals surface area contributed by atoms with Crippen LogP contribution >= 0.6 is 8.53 Å². The molecule has 0 saturated carbocycles. The second kappa shape index (κ2) is 13.4. The fourth-order valence-electron chi connectivity index (χ4n) is 3.42. The molecule has 0 aromatic rings. The first kappa shape index (κ1) is 27.0. The van der Waals surface area contributed by atoms with Crippen molar-refractivity contribution >= 4 is 28.1 Å². The van der Waals surface area contributed by atoms with Gasteiger partial charge in [-0.1, -0.05) is 6.92 Å². The highest BCUT2D eigenvalue weighted by atomic mass is 31.2. The third-order valence-corrected chi connectivity index (χ3v) is 6.90. The van der Waals surface area contributed by atoms with Gasteiger partial charge in [-0.3, -0.25) is 4.79 Å². The molecular formula is C20H36BN2O6P. The molecule has 1 saturated heterocycles. The number of hydrogen-bond acceptors (Lipinski definition) is 8. The summed E-state index contributed by atoms with van der Waals surface area (Å²) in [7, 11) is 0.368. The molecule has 0 aliphatic carbocycles. The molecule has 0 bridgehead atoms. The van der Waals surface area contributed by atoms with Crippen LogP contribution in [0.3, 0.4) is 0 Å². The maximum absolute atomic E-state index is 12.3. The Morgan fingerprint density at radius 3 is 2.33 bits per heavy atom. The molecule has 0 amide bonds. The average Bonchev–Trinajstić information content (AvgIpc) is 2.94. The van der Waals surface area contributed by atoms with E-state index in [1.807, 2.05) is 14.8 Å². The first-order chi connectivity index (χ1) is 14.1. The molecule has 2 unspecified atom stereocenters. The third kappa shape index (κ3) is 8.24. The van der Waals surface area contributed by atoms with Gasteiger partial charge in [-0.15, -0.1) is 0 Å². The number of Topliss-reactive ketones (excluding diaryl/α,β-unsaturated/α-hetero) is 1. The van der Waals surface area contributed by atoms with Crippen LogP contribution in [0.2, 0.25) is 0 Å². The highest BCUT2D eigenvalue weighted by Crippen LogP contribution is 2.49. The Hall–Kier alpha value is -1.04. The van der Waals surface area contributed by atoms with Crippen LogP contribution in [0.5, 0.6) is 0 Å². The summed E-state index contributed by atoms with van der Waals surface area (Å²) in [6, 6.07) is 2.08. The Labute approximate surface area is 182 Å². The van der Waals surface area contributed by atoms with Crippen LogP contribution < -0.4 is 0 Å². The lowest BCUT2D eigenvalue weighted by Gasteiger charge is -2.38. The average molecular weight is 442 g/mol. The van der Waals surface area contributed by atoms with Crippen molar-refractivity contribution in [3.05, 3.63) is 0 Å². The van der Waals surface area contributed by atoms with E-state index in [-0.39, 0.29) is 55.8 Å². The van der Waals surface area contributed by atoms with E-state index >= 15 is 0 Å². The quantitative estimate of drug-likeness (QED) is 0.186. The molecule has 0 aromatic carbocycles. The molecule has 1 aliphatic rings. The molecule has 1 heterocycles. The van der Waals surface area contributed by atoms with E-state index in [1.54, 1.807) is 0 Å². The van der Waals surface area contributed by atoms with Crippen LogP contribution in [0.1, 0.15) is 67.2 Å². The van der Waals surface area contributed by atoms with Crippen molar-refractivity contribution in [2.24, 2.45) is 0 Å². The van der Waals surface area contributed by atoms with Gasteiger partial charge in [-0.05, 0) is 41.0 Å². The van der Waals surface area contributed by atoms with Gasteiger partial charge in [0.1, 0.15) is 25.8 Å². The summed E-state index contributed by atoms with van der Waals surface area (Å²) in [5, 5.41) is 8.89. The predicted molar refractivity (Wildman–Crippen MR) is 117 cm³/mol. The molecule has 170 valence electrons. The van der Waals surface area contributed by atoms with Gasteiger partial charge >= 0.3 is 5.97 Å². The minimum Gasteiger partial charge on any atom is -0.458 e. The Kier molecular flexibility index (Phi) is 12.1. The lowest BCUT2D eigenvalue weighted by molar-refractivity contribution is -0.154. The number of rotatable bonds is 13. The van der Waals surface area contributed by atoms with Gasteiger partial charge in [-0.2, -0.15) is 5.26 Å². The molecule has 5 atom stereocenters. The zero-order valence-corrected chi connectivity index (χ0v) is 20.2. The standard InChI is InChI=1S/C20H36BN2O6P/c1-7-16-18(19(20(21)27-16)28-17(25)10-9-15(6)24)29-30(26-12-8-11-22)23(13(2)3)14(4)5/h13-14,16,18-20H,7-10,12,21H2,1-6H3/t16-,18?,19+,20-,30?/m1/s1. The van der Waals surface area contributed by atoms with Gasteiger partial charge in [0.15, 0.2) is 0 Å². The summed E-state index contributed by atoms with van der Waals surface area (Å²) < 4.78 is 26.3.